The number of alkyl halides is 1. The molecule has 0 saturated heterocycles. The summed E-state index contributed by atoms with van der Waals surface area (Å²) in [6.07, 6.45) is 4.55. The molecule has 0 amide bonds. The maximum atomic E-state index is 5.63. The van der Waals surface area contributed by atoms with Gasteiger partial charge in [-0.2, -0.15) is 0 Å². The van der Waals surface area contributed by atoms with E-state index < -0.39 is 0 Å². The molecule has 0 bridgehead atoms. The summed E-state index contributed by atoms with van der Waals surface area (Å²) >= 11 is 7.37. The average Bonchev–Trinajstić information content (AvgIpc) is 2.72. The minimum atomic E-state index is 0.779. The monoisotopic (exact) mass is 246 g/mol. The van der Waals surface area contributed by atoms with E-state index in [4.69, 9.17) is 11.6 Å². The van der Waals surface area contributed by atoms with Crippen LogP contribution in [0.15, 0.2) is 5.38 Å². The Labute approximate surface area is 101 Å². The van der Waals surface area contributed by atoms with Crippen LogP contribution >= 0.6 is 22.9 Å². The topological polar surface area (TPSA) is 16.1 Å². The molecule has 0 fully saturated rings. The molecule has 0 spiro atoms. The maximum absolute atomic E-state index is 5.63. The molecule has 1 aromatic rings. The Kier molecular flexibility index (Phi) is 6.03. The van der Waals surface area contributed by atoms with Crippen LogP contribution in [-0.2, 0) is 6.42 Å². The van der Waals surface area contributed by atoms with Crippen molar-refractivity contribution in [1.82, 2.24) is 4.98 Å². The minimum Gasteiger partial charge on any atom is -0.351 e. The summed E-state index contributed by atoms with van der Waals surface area (Å²) in [5.74, 6) is 0.779. The largest absolute Gasteiger partial charge is 0.351 e. The van der Waals surface area contributed by atoms with E-state index in [9.17, 15) is 0 Å². The van der Waals surface area contributed by atoms with Gasteiger partial charge in [0.1, 0.15) is 0 Å². The van der Waals surface area contributed by atoms with Crippen molar-refractivity contribution in [3.05, 3.63) is 11.1 Å². The highest BCUT2D eigenvalue weighted by Crippen LogP contribution is 2.19. The van der Waals surface area contributed by atoms with Crippen LogP contribution in [0.5, 0.6) is 0 Å². The van der Waals surface area contributed by atoms with Crippen molar-refractivity contribution < 1.29 is 0 Å². The van der Waals surface area contributed by atoms with Crippen LogP contribution in [0, 0.1) is 0 Å². The summed E-state index contributed by atoms with van der Waals surface area (Å²) in [5.41, 5.74) is 1.20. The first-order valence-electron chi connectivity index (χ1n) is 5.49. The quantitative estimate of drug-likeness (QED) is 0.540. The summed E-state index contributed by atoms with van der Waals surface area (Å²) in [4.78, 5) is 6.78. The molecule has 0 aliphatic rings. The number of hydrogen-bond acceptors (Lipinski definition) is 3. The van der Waals surface area contributed by atoms with Gasteiger partial charge in [0.2, 0.25) is 0 Å². The molecule has 0 aromatic carbocycles. The average molecular weight is 247 g/mol. The molecule has 0 aliphatic carbocycles. The van der Waals surface area contributed by atoms with Gasteiger partial charge in [-0.25, -0.2) is 4.98 Å². The van der Waals surface area contributed by atoms with Gasteiger partial charge >= 0.3 is 0 Å². The highest BCUT2D eigenvalue weighted by molar-refractivity contribution is 7.13. The van der Waals surface area contributed by atoms with Crippen LogP contribution in [0.25, 0.3) is 0 Å². The molecule has 15 heavy (non-hydrogen) atoms. The van der Waals surface area contributed by atoms with E-state index in [0.717, 1.165) is 30.4 Å². The Morgan fingerprint density at radius 2 is 2.20 bits per heavy atom. The Morgan fingerprint density at radius 3 is 2.80 bits per heavy atom. The van der Waals surface area contributed by atoms with E-state index >= 15 is 0 Å². The Balaban J connectivity index is 2.29. The molecule has 1 aromatic heterocycles. The lowest BCUT2D eigenvalue weighted by atomic mass is 10.2. The number of unbranched alkanes of at least 4 members (excludes halogenated alkanes) is 2. The lowest BCUT2D eigenvalue weighted by Crippen LogP contribution is -2.18. The number of nitrogens with zero attached hydrogens (tertiary/aromatic N) is 2. The molecule has 0 aliphatic heterocycles. The molecule has 1 heterocycles. The van der Waals surface area contributed by atoms with Crippen molar-refractivity contribution in [2.24, 2.45) is 0 Å². The second kappa shape index (κ2) is 7.07. The summed E-state index contributed by atoms with van der Waals surface area (Å²) in [6, 6.07) is 0. The van der Waals surface area contributed by atoms with Gasteiger partial charge in [-0.1, -0.05) is 13.3 Å². The van der Waals surface area contributed by atoms with Gasteiger partial charge in [0.15, 0.2) is 5.13 Å². The first kappa shape index (κ1) is 12.8. The summed E-state index contributed by atoms with van der Waals surface area (Å²) < 4.78 is 0. The molecule has 0 saturated carbocycles. The van der Waals surface area contributed by atoms with Gasteiger partial charge in [-0.3, -0.25) is 0 Å². The molecule has 86 valence electrons. The number of halogens is 1. The van der Waals surface area contributed by atoms with Crippen LogP contribution < -0.4 is 4.90 Å². The Bertz CT molecular complexity index is 275. The number of aromatic nitrogens is 1. The second-order valence-electron chi connectivity index (χ2n) is 3.65. The van der Waals surface area contributed by atoms with Crippen LogP contribution in [0.4, 0.5) is 5.13 Å². The third-order valence-corrected chi connectivity index (χ3v) is 3.63. The molecule has 0 atom stereocenters. The second-order valence-corrected chi connectivity index (χ2v) is 4.86. The molecule has 0 N–H and O–H groups in total. The van der Waals surface area contributed by atoms with E-state index in [1.807, 2.05) is 0 Å². The van der Waals surface area contributed by atoms with Crippen molar-refractivity contribution in [3.63, 3.8) is 0 Å². The van der Waals surface area contributed by atoms with E-state index in [-0.39, 0.29) is 0 Å². The van der Waals surface area contributed by atoms with Gasteiger partial charge in [-0.15, -0.1) is 22.9 Å². The van der Waals surface area contributed by atoms with Crippen molar-refractivity contribution in [3.8, 4) is 0 Å². The molecular formula is C11H19ClN2S. The first-order chi connectivity index (χ1) is 7.27. The zero-order valence-electron chi connectivity index (χ0n) is 9.50. The van der Waals surface area contributed by atoms with E-state index in [2.05, 4.69) is 29.2 Å². The van der Waals surface area contributed by atoms with Crippen molar-refractivity contribution in [1.29, 1.82) is 0 Å². The number of aryl methyl sites for hydroxylation is 1. The van der Waals surface area contributed by atoms with E-state index in [1.54, 1.807) is 11.3 Å². The third-order valence-electron chi connectivity index (χ3n) is 2.36. The maximum Gasteiger partial charge on any atom is 0.185 e. The first-order valence-corrected chi connectivity index (χ1v) is 6.90. The number of thiazole rings is 1. The highest BCUT2D eigenvalue weighted by Gasteiger charge is 2.05. The van der Waals surface area contributed by atoms with E-state index in [0.29, 0.717) is 0 Å². The molecule has 2 nitrogen and oxygen atoms in total. The van der Waals surface area contributed by atoms with Gasteiger partial charge in [0.05, 0.1) is 5.69 Å². The summed E-state index contributed by atoms with van der Waals surface area (Å²) in [6.45, 7) is 3.22. The minimum absolute atomic E-state index is 0.779. The molecule has 1 rings (SSSR count). The number of anilines is 1. The highest BCUT2D eigenvalue weighted by atomic mass is 35.5. The van der Waals surface area contributed by atoms with Crippen molar-refractivity contribution >= 4 is 28.1 Å². The standard InChI is InChI=1S/C11H19ClN2S/c1-3-10-9-15-11(13-10)14(2)8-6-4-5-7-12/h9H,3-8H2,1-2H3. The van der Waals surface area contributed by atoms with Crippen LogP contribution in [-0.4, -0.2) is 24.5 Å². The lowest BCUT2D eigenvalue weighted by Gasteiger charge is -2.14. The zero-order valence-corrected chi connectivity index (χ0v) is 11.1. The fraction of sp³-hybridized carbons (Fsp3) is 0.727. The van der Waals surface area contributed by atoms with Crippen molar-refractivity contribution in [2.45, 2.75) is 32.6 Å². The fourth-order valence-electron chi connectivity index (χ4n) is 1.35. The Morgan fingerprint density at radius 1 is 1.40 bits per heavy atom. The summed E-state index contributed by atoms with van der Waals surface area (Å²) in [5, 5.41) is 3.28. The number of rotatable bonds is 7. The SMILES string of the molecule is CCc1csc(N(C)CCCCCCl)n1. The summed E-state index contributed by atoms with van der Waals surface area (Å²) in [7, 11) is 2.11. The molecule has 0 radical (unpaired) electrons. The molecule has 4 heteroatoms. The lowest BCUT2D eigenvalue weighted by molar-refractivity contribution is 0.706. The van der Waals surface area contributed by atoms with Crippen LogP contribution in [0.2, 0.25) is 0 Å². The van der Waals surface area contributed by atoms with Gasteiger partial charge in [0, 0.05) is 24.9 Å². The zero-order chi connectivity index (χ0) is 11.1. The van der Waals surface area contributed by atoms with Gasteiger partial charge in [0.25, 0.3) is 0 Å². The van der Waals surface area contributed by atoms with E-state index in [1.165, 1.54) is 18.5 Å². The molecular weight excluding hydrogens is 228 g/mol. The van der Waals surface area contributed by atoms with Crippen molar-refractivity contribution in [2.75, 3.05) is 24.4 Å². The smallest absolute Gasteiger partial charge is 0.185 e. The predicted octanol–water partition coefficient (Wildman–Crippen LogP) is 3.55. The van der Waals surface area contributed by atoms with Crippen LogP contribution in [0.3, 0.4) is 0 Å². The van der Waals surface area contributed by atoms with Crippen LogP contribution in [0.1, 0.15) is 31.9 Å². The van der Waals surface area contributed by atoms with Gasteiger partial charge in [-0.05, 0) is 19.3 Å². The third kappa shape index (κ3) is 4.39. The predicted molar refractivity (Wildman–Crippen MR) is 69.3 cm³/mol. The fourth-order valence-corrected chi connectivity index (χ4v) is 2.44. The van der Waals surface area contributed by atoms with Gasteiger partial charge < -0.3 is 4.90 Å². The normalized spacial score (nSPS) is 10.6. The number of hydrogen-bond donors (Lipinski definition) is 0. The Hall–Kier alpha value is -0.280. The molecule has 0 unspecified atom stereocenters.